The first kappa shape index (κ1) is 8.23. The molecule has 1 heterocycles. The van der Waals surface area contributed by atoms with Gasteiger partial charge in [0.2, 0.25) is 0 Å². The van der Waals surface area contributed by atoms with Gasteiger partial charge >= 0.3 is 0 Å². The van der Waals surface area contributed by atoms with E-state index in [9.17, 15) is 5.11 Å². The van der Waals surface area contributed by atoms with Gasteiger partial charge in [-0.3, -0.25) is 0 Å². The third-order valence-electron chi connectivity index (χ3n) is 1.61. The van der Waals surface area contributed by atoms with Gasteiger partial charge in [-0.15, -0.1) is 12.6 Å². The van der Waals surface area contributed by atoms with Crippen LogP contribution in [0.1, 0.15) is 0 Å². The number of aromatic hydroxyl groups is 1. The number of rotatable bonds is 0. The summed E-state index contributed by atoms with van der Waals surface area (Å²) in [5.41, 5.74) is 0. The lowest BCUT2D eigenvalue weighted by atomic mass is 10.3. The summed E-state index contributed by atoms with van der Waals surface area (Å²) >= 11 is 11.2. The Morgan fingerprint density at radius 3 is 2.92 bits per heavy atom. The molecular weight excluding hydrogens is 212 g/mol. The summed E-state index contributed by atoms with van der Waals surface area (Å²) in [7, 11) is 0. The summed E-state index contributed by atoms with van der Waals surface area (Å²) in [6.07, 6.45) is 0. The zero-order valence-corrected chi connectivity index (χ0v) is 8.38. The maximum Gasteiger partial charge on any atom is 0.186 e. The first-order valence-electron chi connectivity index (χ1n) is 3.28. The summed E-state index contributed by atoms with van der Waals surface area (Å²) in [4.78, 5) is 0.631. The lowest BCUT2D eigenvalue weighted by molar-refractivity contribution is 0.480. The highest BCUT2D eigenvalue weighted by Crippen LogP contribution is 2.39. The van der Waals surface area contributed by atoms with Gasteiger partial charge in [-0.2, -0.15) is 0 Å². The number of hydrogen-bond donors (Lipinski definition) is 2. The molecule has 0 aliphatic rings. The molecule has 0 amide bonds. The second-order valence-electron chi connectivity index (χ2n) is 2.40. The molecule has 0 fully saturated rings. The highest BCUT2D eigenvalue weighted by atomic mass is 35.5. The van der Waals surface area contributed by atoms with Crippen molar-refractivity contribution in [1.29, 1.82) is 0 Å². The SMILES string of the molecule is Oc1sc2cc(Cl)ccc2c1S. The zero-order valence-electron chi connectivity index (χ0n) is 5.91. The number of fused-ring (bicyclic) bond motifs is 1. The first-order chi connectivity index (χ1) is 5.68. The summed E-state index contributed by atoms with van der Waals surface area (Å²) in [5, 5.41) is 11.2. The monoisotopic (exact) mass is 216 g/mol. The molecule has 1 N–H and O–H groups in total. The van der Waals surface area contributed by atoms with Gasteiger partial charge in [-0.05, 0) is 12.1 Å². The van der Waals surface area contributed by atoms with Gasteiger partial charge in [0.05, 0.1) is 4.90 Å². The van der Waals surface area contributed by atoms with Crippen molar-refractivity contribution in [3.63, 3.8) is 0 Å². The Hall–Kier alpha value is -0.380. The van der Waals surface area contributed by atoms with E-state index in [-0.39, 0.29) is 5.06 Å². The van der Waals surface area contributed by atoms with E-state index in [2.05, 4.69) is 12.6 Å². The minimum absolute atomic E-state index is 0.246. The molecule has 0 saturated heterocycles. The van der Waals surface area contributed by atoms with E-state index < -0.39 is 0 Å². The van der Waals surface area contributed by atoms with E-state index in [1.165, 1.54) is 11.3 Å². The second-order valence-corrected chi connectivity index (χ2v) is 4.31. The van der Waals surface area contributed by atoms with E-state index in [1.807, 2.05) is 12.1 Å². The van der Waals surface area contributed by atoms with Crippen molar-refractivity contribution in [2.24, 2.45) is 0 Å². The van der Waals surface area contributed by atoms with Crippen molar-refractivity contribution in [2.45, 2.75) is 4.90 Å². The van der Waals surface area contributed by atoms with E-state index >= 15 is 0 Å². The Labute approximate surface area is 84.0 Å². The van der Waals surface area contributed by atoms with Crippen LogP contribution in [-0.2, 0) is 0 Å². The van der Waals surface area contributed by atoms with Crippen molar-refractivity contribution in [3.05, 3.63) is 23.2 Å². The number of benzene rings is 1. The Balaban J connectivity index is 2.87. The predicted molar refractivity (Wildman–Crippen MR) is 55.8 cm³/mol. The maximum absolute atomic E-state index is 9.33. The summed E-state index contributed by atoms with van der Waals surface area (Å²) in [6, 6.07) is 5.47. The molecular formula is C8H5ClOS2. The number of halogens is 1. The summed E-state index contributed by atoms with van der Waals surface area (Å²) in [5.74, 6) is 0. The van der Waals surface area contributed by atoms with Crippen molar-refractivity contribution < 1.29 is 5.11 Å². The Bertz CT molecular complexity index is 436. The van der Waals surface area contributed by atoms with E-state index in [1.54, 1.807) is 6.07 Å². The molecule has 0 atom stereocenters. The van der Waals surface area contributed by atoms with Crippen molar-refractivity contribution in [1.82, 2.24) is 0 Å². The minimum atomic E-state index is 0.246. The summed E-state index contributed by atoms with van der Waals surface area (Å²) in [6.45, 7) is 0. The fourth-order valence-corrected chi connectivity index (χ4v) is 2.57. The van der Waals surface area contributed by atoms with Crippen molar-refractivity contribution >= 4 is 45.7 Å². The lowest BCUT2D eigenvalue weighted by Gasteiger charge is -1.90. The lowest BCUT2D eigenvalue weighted by Crippen LogP contribution is -1.64. The quantitative estimate of drug-likeness (QED) is 0.646. The fourth-order valence-electron chi connectivity index (χ4n) is 1.04. The topological polar surface area (TPSA) is 20.2 Å². The van der Waals surface area contributed by atoms with Crippen LogP contribution >= 0.6 is 35.6 Å². The largest absolute Gasteiger partial charge is 0.499 e. The van der Waals surface area contributed by atoms with E-state index in [0.717, 1.165) is 10.1 Å². The maximum atomic E-state index is 9.33. The van der Waals surface area contributed by atoms with Gasteiger partial charge in [0.1, 0.15) is 0 Å². The molecule has 2 rings (SSSR count). The Morgan fingerprint density at radius 2 is 2.17 bits per heavy atom. The highest BCUT2D eigenvalue weighted by Gasteiger charge is 2.07. The first-order valence-corrected chi connectivity index (χ1v) is 4.92. The van der Waals surface area contributed by atoms with Gasteiger partial charge in [-0.25, -0.2) is 0 Å². The Kier molecular flexibility index (Phi) is 1.94. The molecule has 0 radical (unpaired) electrons. The van der Waals surface area contributed by atoms with Gasteiger partial charge < -0.3 is 5.11 Å². The van der Waals surface area contributed by atoms with Crippen LogP contribution in [0.4, 0.5) is 0 Å². The zero-order chi connectivity index (χ0) is 8.72. The van der Waals surface area contributed by atoms with Crippen molar-refractivity contribution in [3.8, 4) is 5.06 Å². The summed E-state index contributed by atoms with van der Waals surface area (Å²) < 4.78 is 0.963. The smallest absolute Gasteiger partial charge is 0.186 e. The van der Waals surface area contributed by atoms with E-state index in [4.69, 9.17) is 11.6 Å². The molecule has 62 valence electrons. The van der Waals surface area contributed by atoms with Crippen LogP contribution in [0.3, 0.4) is 0 Å². The van der Waals surface area contributed by atoms with Gasteiger partial charge in [0, 0.05) is 15.1 Å². The molecule has 1 aromatic carbocycles. The van der Waals surface area contributed by atoms with Gasteiger partial charge in [-0.1, -0.05) is 29.0 Å². The average molecular weight is 217 g/mol. The Morgan fingerprint density at radius 1 is 1.42 bits per heavy atom. The fraction of sp³-hybridized carbons (Fsp3) is 0. The van der Waals surface area contributed by atoms with Crippen LogP contribution in [-0.4, -0.2) is 5.11 Å². The molecule has 12 heavy (non-hydrogen) atoms. The second kappa shape index (κ2) is 2.83. The molecule has 0 bridgehead atoms. The van der Waals surface area contributed by atoms with Crippen LogP contribution in [0.25, 0.3) is 10.1 Å². The molecule has 0 unspecified atom stereocenters. The molecule has 2 aromatic rings. The van der Waals surface area contributed by atoms with E-state index in [0.29, 0.717) is 9.92 Å². The van der Waals surface area contributed by atoms with Crippen molar-refractivity contribution in [2.75, 3.05) is 0 Å². The molecule has 0 aliphatic carbocycles. The number of thiol groups is 1. The van der Waals surface area contributed by atoms with Crippen LogP contribution < -0.4 is 0 Å². The molecule has 1 aromatic heterocycles. The molecule has 4 heteroatoms. The third kappa shape index (κ3) is 1.18. The standard InChI is InChI=1S/C8H5ClOS2/c9-4-1-2-5-6(3-4)12-8(10)7(5)11/h1-3,10-11H. The van der Waals surface area contributed by atoms with Gasteiger partial charge in [0.25, 0.3) is 0 Å². The van der Waals surface area contributed by atoms with Crippen LogP contribution in [0.2, 0.25) is 5.02 Å². The van der Waals surface area contributed by atoms with Crippen LogP contribution in [0, 0.1) is 0 Å². The molecule has 0 spiro atoms. The normalized spacial score (nSPS) is 10.8. The number of thiophene rings is 1. The average Bonchev–Trinajstić information content (AvgIpc) is 2.28. The third-order valence-corrected chi connectivity index (χ3v) is 3.40. The van der Waals surface area contributed by atoms with Crippen LogP contribution in [0.5, 0.6) is 5.06 Å². The molecule has 0 aliphatic heterocycles. The molecule has 1 nitrogen and oxygen atoms in total. The molecule has 0 saturated carbocycles. The predicted octanol–water partition coefficient (Wildman–Crippen LogP) is 3.55. The van der Waals surface area contributed by atoms with Crippen LogP contribution in [0.15, 0.2) is 23.1 Å². The minimum Gasteiger partial charge on any atom is -0.499 e. The number of hydrogen-bond acceptors (Lipinski definition) is 3. The highest BCUT2D eigenvalue weighted by molar-refractivity contribution is 7.81. The van der Waals surface area contributed by atoms with Gasteiger partial charge in [0.15, 0.2) is 5.06 Å².